The van der Waals surface area contributed by atoms with Crippen LogP contribution >= 0.6 is 38.9 Å². The van der Waals surface area contributed by atoms with Gasteiger partial charge in [-0.05, 0) is 46.3 Å². The van der Waals surface area contributed by atoms with Crippen LogP contribution in [0.4, 0.5) is 4.39 Å². The number of alkyl halides is 1. The van der Waals surface area contributed by atoms with Crippen molar-refractivity contribution >= 4 is 38.9 Å². The molecule has 1 aromatic carbocycles. The van der Waals surface area contributed by atoms with E-state index in [4.69, 9.17) is 16.3 Å². The number of hydrogen-bond acceptors (Lipinski definition) is 2. The third-order valence-corrected chi connectivity index (χ3v) is 4.05. The van der Waals surface area contributed by atoms with E-state index in [1.807, 2.05) is 12.1 Å². The maximum atomic E-state index is 13.0. The molecule has 0 bridgehead atoms. The third-order valence-electron chi connectivity index (χ3n) is 2.17. The Morgan fingerprint density at radius 3 is 2.76 bits per heavy atom. The lowest BCUT2D eigenvalue weighted by atomic mass is 10.2. The Morgan fingerprint density at radius 2 is 2.12 bits per heavy atom. The molecule has 0 aliphatic heterocycles. The van der Waals surface area contributed by atoms with Gasteiger partial charge in [-0.25, -0.2) is 4.39 Å². The molecule has 0 aliphatic carbocycles. The minimum Gasteiger partial charge on any atom is -0.488 e. The highest BCUT2D eigenvalue weighted by Gasteiger charge is 2.05. The molecule has 17 heavy (non-hydrogen) atoms. The van der Waals surface area contributed by atoms with Crippen LogP contribution in [0.2, 0.25) is 0 Å². The average Bonchev–Trinajstić information content (AvgIpc) is 2.73. The number of ether oxygens (including phenoxy) is 1. The molecule has 0 unspecified atom stereocenters. The standard InChI is InChI=1S/C12H9BrClFOS/c13-12-4-2-10(17-12)7-16-11-3-1-9(15)5-8(11)6-14/h1-5H,6-7H2. The molecule has 2 rings (SSSR count). The van der Waals surface area contributed by atoms with Crippen LogP contribution in [0.25, 0.3) is 0 Å². The van der Waals surface area contributed by atoms with E-state index in [0.717, 1.165) is 8.66 Å². The molecule has 0 saturated carbocycles. The zero-order valence-electron chi connectivity index (χ0n) is 8.75. The molecule has 0 radical (unpaired) electrons. The Balaban J connectivity index is 2.08. The lowest BCUT2D eigenvalue weighted by molar-refractivity contribution is 0.307. The number of rotatable bonds is 4. The maximum Gasteiger partial charge on any atom is 0.124 e. The second kappa shape index (κ2) is 5.85. The second-order valence-electron chi connectivity index (χ2n) is 3.38. The van der Waals surface area contributed by atoms with Crippen LogP contribution in [0.5, 0.6) is 5.75 Å². The Hall–Kier alpha value is -0.580. The molecule has 1 aromatic heterocycles. The molecule has 0 aliphatic rings. The summed E-state index contributed by atoms with van der Waals surface area (Å²) in [5.74, 6) is 0.569. The SMILES string of the molecule is Fc1ccc(OCc2ccc(Br)s2)c(CCl)c1. The van der Waals surface area contributed by atoms with Crippen LogP contribution in [-0.2, 0) is 12.5 Å². The molecule has 1 heterocycles. The van der Waals surface area contributed by atoms with Crippen LogP contribution in [0.1, 0.15) is 10.4 Å². The summed E-state index contributed by atoms with van der Waals surface area (Å²) in [6.45, 7) is 0.464. The number of benzene rings is 1. The molecule has 5 heteroatoms. The Morgan fingerprint density at radius 1 is 1.29 bits per heavy atom. The fourth-order valence-electron chi connectivity index (χ4n) is 1.37. The number of thiophene rings is 1. The molecule has 0 atom stereocenters. The van der Waals surface area contributed by atoms with Crippen molar-refractivity contribution in [3.8, 4) is 5.75 Å². The van der Waals surface area contributed by atoms with Crippen LogP contribution in [0.3, 0.4) is 0 Å². The molecule has 0 fully saturated rings. The van der Waals surface area contributed by atoms with Crippen molar-refractivity contribution in [3.05, 3.63) is 50.4 Å². The highest BCUT2D eigenvalue weighted by atomic mass is 79.9. The fourth-order valence-corrected chi connectivity index (χ4v) is 2.98. The van der Waals surface area contributed by atoms with Gasteiger partial charge >= 0.3 is 0 Å². The molecule has 90 valence electrons. The average molecular weight is 336 g/mol. The van der Waals surface area contributed by atoms with Gasteiger partial charge in [0.25, 0.3) is 0 Å². The van der Waals surface area contributed by atoms with Gasteiger partial charge in [0.05, 0.1) is 9.67 Å². The van der Waals surface area contributed by atoms with E-state index < -0.39 is 0 Å². The molecular weight excluding hydrogens is 327 g/mol. The lowest BCUT2D eigenvalue weighted by Crippen LogP contribution is -1.96. The minimum absolute atomic E-state index is 0.237. The topological polar surface area (TPSA) is 9.23 Å². The molecule has 0 N–H and O–H groups in total. The smallest absolute Gasteiger partial charge is 0.124 e. The highest BCUT2D eigenvalue weighted by molar-refractivity contribution is 9.11. The van der Waals surface area contributed by atoms with Gasteiger partial charge in [0.2, 0.25) is 0 Å². The number of hydrogen-bond donors (Lipinski definition) is 0. The van der Waals surface area contributed by atoms with Crippen LogP contribution in [-0.4, -0.2) is 0 Å². The zero-order chi connectivity index (χ0) is 12.3. The summed E-state index contributed by atoms with van der Waals surface area (Å²) in [5.41, 5.74) is 0.669. The Kier molecular flexibility index (Phi) is 4.42. The monoisotopic (exact) mass is 334 g/mol. The largest absolute Gasteiger partial charge is 0.488 e. The summed E-state index contributed by atoms with van der Waals surface area (Å²) in [4.78, 5) is 1.10. The van der Waals surface area contributed by atoms with Gasteiger partial charge in [0.15, 0.2) is 0 Å². The van der Waals surface area contributed by atoms with Gasteiger partial charge in [-0.1, -0.05) is 0 Å². The Bertz CT molecular complexity index is 515. The summed E-state index contributed by atoms with van der Waals surface area (Å²) >= 11 is 10.7. The predicted molar refractivity (Wildman–Crippen MR) is 72.3 cm³/mol. The third kappa shape index (κ3) is 3.44. The summed E-state index contributed by atoms with van der Waals surface area (Å²) in [6.07, 6.45) is 0. The maximum absolute atomic E-state index is 13.0. The van der Waals surface area contributed by atoms with Gasteiger partial charge in [-0.3, -0.25) is 0 Å². The first-order chi connectivity index (χ1) is 8.19. The molecule has 0 amide bonds. The van der Waals surface area contributed by atoms with Crippen molar-refractivity contribution in [2.75, 3.05) is 0 Å². The molecule has 1 nitrogen and oxygen atoms in total. The van der Waals surface area contributed by atoms with Crippen molar-refractivity contribution in [2.45, 2.75) is 12.5 Å². The van der Waals surface area contributed by atoms with E-state index in [1.165, 1.54) is 12.1 Å². The summed E-state index contributed by atoms with van der Waals surface area (Å²) in [5, 5.41) is 0. The van der Waals surface area contributed by atoms with Crippen molar-refractivity contribution in [2.24, 2.45) is 0 Å². The molecular formula is C12H9BrClFOS. The summed E-state index contributed by atoms with van der Waals surface area (Å²) < 4.78 is 19.7. The van der Waals surface area contributed by atoms with Crippen molar-refractivity contribution < 1.29 is 9.13 Å². The van der Waals surface area contributed by atoms with E-state index in [9.17, 15) is 4.39 Å². The van der Waals surface area contributed by atoms with E-state index >= 15 is 0 Å². The molecule has 0 saturated heterocycles. The van der Waals surface area contributed by atoms with E-state index in [1.54, 1.807) is 17.4 Å². The Labute approximate surface area is 116 Å². The van der Waals surface area contributed by atoms with Crippen LogP contribution < -0.4 is 4.74 Å². The van der Waals surface area contributed by atoms with E-state index in [0.29, 0.717) is 17.9 Å². The van der Waals surface area contributed by atoms with Gasteiger partial charge in [-0.2, -0.15) is 0 Å². The van der Waals surface area contributed by atoms with Gasteiger partial charge < -0.3 is 4.74 Å². The first-order valence-electron chi connectivity index (χ1n) is 4.90. The van der Waals surface area contributed by atoms with Crippen molar-refractivity contribution in [3.63, 3.8) is 0 Å². The van der Waals surface area contributed by atoms with Gasteiger partial charge in [-0.15, -0.1) is 22.9 Å². The molecule has 0 spiro atoms. The second-order valence-corrected chi connectivity index (χ2v) is 6.19. The van der Waals surface area contributed by atoms with Gasteiger partial charge in [0.1, 0.15) is 18.2 Å². The first-order valence-corrected chi connectivity index (χ1v) is 7.05. The lowest BCUT2D eigenvalue weighted by Gasteiger charge is -2.08. The normalized spacial score (nSPS) is 10.5. The first kappa shape index (κ1) is 12.9. The van der Waals surface area contributed by atoms with Gasteiger partial charge in [0, 0.05) is 10.4 Å². The van der Waals surface area contributed by atoms with Crippen LogP contribution in [0.15, 0.2) is 34.1 Å². The van der Waals surface area contributed by atoms with Crippen molar-refractivity contribution in [1.82, 2.24) is 0 Å². The number of halogens is 3. The zero-order valence-corrected chi connectivity index (χ0v) is 11.9. The quantitative estimate of drug-likeness (QED) is 0.717. The molecule has 2 aromatic rings. The van der Waals surface area contributed by atoms with E-state index in [2.05, 4.69) is 15.9 Å². The summed E-state index contributed by atoms with van der Waals surface area (Å²) in [7, 11) is 0. The fraction of sp³-hybridized carbons (Fsp3) is 0.167. The predicted octanol–water partition coefficient (Wildman–Crippen LogP) is 4.97. The summed E-state index contributed by atoms with van der Waals surface area (Å²) in [6, 6.07) is 8.33. The van der Waals surface area contributed by atoms with E-state index in [-0.39, 0.29) is 11.7 Å². The minimum atomic E-state index is -0.299. The van der Waals surface area contributed by atoms with Crippen LogP contribution in [0, 0.1) is 5.82 Å². The van der Waals surface area contributed by atoms with Crippen molar-refractivity contribution in [1.29, 1.82) is 0 Å². The highest BCUT2D eigenvalue weighted by Crippen LogP contribution is 2.26.